The molecule has 2 aromatic carbocycles. The quantitative estimate of drug-likeness (QED) is 0.675. The van der Waals surface area contributed by atoms with E-state index in [-0.39, 0.29) is 5.91 Å². The van der Waals surface area contributed by atoms with E-state index in [0.29, 0.717) is 13.3 Å². The molecule has 0 radical (unpaired) electrons. The van der Waals surface area contributed by atoms with Crippen LogP contribution in [0.1, 0.15) is 11.1 Å². The largest absolute Gasteiger partial charge is 0.454 e. The highest BCUT2D eigenvalue weighted by Crippen LogP contribution is 2.32. The van der Waals surface area contributed by atoms with Gasteiger partial charge in [-0.15, -0.1) is 0 Å². The van der Waals surface area contributed by atoms with Crippen molar-refractivity contribution in [2.24, 2.45) is 0 Å². The van der Waals surface area contributed by atoms with E-state index in [4.69, 9.17) is 9.47 Å². The second-order valence-electron chi connectivity index (χ2n) is 7.46. The molecule has 4 rings (SSSR count). The summed E-state index contributed by atoms with van der Waals surface area (Å²) in [4.78, 5) is 15.2. The standard InChI is InChI=1S/C21H25N3O3/c1-16-2-5-18(6-3-16)22-21(25)14-24-10-8-23(9-11-24)13-17-4-7-19-20(12-17)27-15-26-19/h2-7,12H,8-11,13-15H2,1H3,(H,22,25)/p+2. The lowest BCUT2D eigenvalue weighted by Crippen LogP contribution is -3.28. The molecule has 0 bridgehead atoms. The van der Waals surface area contributed by atoms with Crippen LogP contribution in [0.2, 0.25) is 0 Å². The van der Waals surface area contributed by atoms with Gasteiger partial charge in [-0.1, -0.05) is 17.7 Å². The van der Waals surface area contributed by atoms with Crippen LogP contribution in [0, 0.1) is 6.92 Å². The third-order valence-corrected chi connectivity index (χ3v) is 5.30. The van der Waals surface area contributed by atoms with Gasteiger partial charge >= 0.3 is 0 Å². The van der Waals surface area contributed by atoms with E-state index in [9.17, 15) is 4.79 Å². The van der Waals surface area contributed by atoms with Crippen molar-refractivity contribution in [3.05, 3.63) is 53.6 Å². The zero-order valence-corrected chi connectivity index (χ0v) is 15.7. The van der Waals surface area contributed by atoms with Crippen molar-refractivity contribution in [2.75, 3.05) is 44.8 Å². The molecular weight excluding hydrogens is 342 g/mol. The Labute approximate surface area is 159 Å². The molecule has 2 heterocycles. The minimum atomic E-state index is 0.0908. The van der Waals surface area contributed by atoms with E-state index in [1.807, 2.05) is 37.3 Å². The van der Waals surface area contributed by atoms with Crippen LogP contribution in [0.25, 0.3) is 0 Å². The summed E-state index contributed by atoms with van der Waals surface area (Å²) >= 11 is 0. The third-order valence-electron chi connectivity index (χ3n) is 5.30. The van der Waals surface area contributed by atoms with Gasteiger partial charge in [0.2, 0.25) is 6.79 Å². The van der Waals surface area contributed by atoms with Crippen LogP contribution in [0.15, 0.2) is 42.5 Å². The Bertz CT molecular complexity index is 799. The molecule has 0 atom stereocenters. The highest BCUT2D eigenvalue weighted by atomic mass is 16.7. The fourth-order valence-corrected chi connectivity index (χ4v) is 3.72. The van der Waals surface area contributed by atoms with Crippen molar-refractivity contribution in [1.29, 1.82) is 0 Å². The molecule has 1 fully saturated rings. The lowest BCUT2D eigenvalue weighted by Gasteiger charge is -2.29. The number of benzene rings is 2. The smallest absolute Gasteiger partial charge is 0.279 e. The lowest BCUT2D eigenvalue weighted by atomic mass is 10.1. The van der Waals surface area contributed by atoms with E-state index in [0.717, 1.165) is 49.9 Å². The highest BCUT2D eigenvalue weighted by Gasteiger charge is 2.25. The lowest BCUT2D eigenvalue weighted by molar-refractivity contribution is -1.02. The number of nitrogens with one attached hydrogen (secondary N) is 3. The molecule has 2 aliphatic heterocycles. The average Bonchev–Trinajstić information content (AvgIpc) is 3.13. The summed E-state index contributed by atoms with van der Waals surface area (Å²) in [5.41, 5.74) is 3.34. The Hall–Kier alpha value is -2.57. The normalized spacial score (nSPS) is 21.1. The number of quaternary nitrogens is 2. The molecule has 0 unspecified atom stereocenters. The van der Waals surface area contributed by atoms with Crippen molar-refractivity contribution in [3.8, 4) is 11.5 Å². The number of carbonyl (C=O) groups excluding carboxylic acids is 1. The molecule has 1 amide bonds. The molecule has 0 aromatic heterocycles. The number of rotatable bonds is 5. The Kier molecular flexibility index (Phi) is 5.27. The Morgan fingerprint density at radius 2 is 1.67 bits per heavy atom. The number of ether oxygens (including phenoxy) is 2. The van der Waals surface area contributed by atoms with Crippen molar-refractivity contribution >= 4 is 11.6 Å². The molecule has 0 aliphatic carbocycles. The SMILES string of the molecule is Cc1ccc(NC(=O)C[NH+]2CC[NH+](Cc3ccc4c(c3)OCO4)CC2)cc1. The first kappa shape index (κ1) is 17.8. The molecule has 2 aliphatic rings. The molecule has 1 saturated heterocycles. The fraction of sp³-hybridized carbons (Fsp3) is 0.381. The Morgan fingerprint density at radius 3 is 2.44 bits per heavy atom. The van der Waals surface area contributed by atoms with E-state index >= 15 is 0 Å². The first-order valence-corrected chi connectivity index (χ1v) is 9.58. The fourth-order valence-electron chi connectivity index (χ4n) is 3.72. The molecule has 142 valence electrons. The zero-order valence-electron chi connectivity index (χ0n) is 15.7. The van der Waals surface area contributed by atoms with Gasteiger partial charge in [-0.3, -0.25) is 4.79 Å². The average molecular weight is 369 g/mol. The molecule has 27 heavy (non-hydrogen) atoms. The zero-order chi connectivity index (χ0) is 18.6. The number of fused-ring (bicyclic) bond motifs is 1. The minimum Gasteiger partial charge on any atom is -0.454 e. The number of aryl methyl sites for hydroxylation is 1. The van der Waals surface area contributed by atoms with Crippen LogP contribution in [0.4, 0.5) is 5.69 Å². The number of hydrogen-bond acceptors (Lipinski definition) is 3. The monoisotopic (exact) mass is 369 g/mol. The number of anilines is 1. The van der Waals surface area contributed by atoms with Crippen LogP contribution in [-0.4, -0.2) is 45.4 Å². The van der Waals surface area contributed by atoms with Gasteiger partial charge in [-0.25, -0.2) is 0 Å². The van der Waals surface area contributed by atoms with E-state index in [2.05, 4.69) is 17.4 Å². The van der Waals surface area contributed by atoms with Crippen molar-refractivity contribution in [2.45, 2.75) is 13.5 Å². The van der Waals surface area contributed by atoms with Crippen molar-refractivity contribution < 1.29 is 24.1 Å². The number of amides is 1. The maximum atomic E-state index is 12.3. The first-order chi connectivity index (χ1) is 13.2. The number of piperazine rings is 1. The molecule has 2 aromatic rings. The maximum Gasteiger partial charge on any atom is 0.279 e. The predicted molar refractivity (Wildman–Crippen MR) is 102 cm³/mol. The molecule has 0 spiro atoms. The van der Waals surface area contributed by atoms with E-state index in [1.165, 1.54) is 16.0 Å². The van der Waals surface area contributed by atoms with Gasteiger partial charge in [0.25, 0.3) is 5.91 Å². The summed E-state index contributed by atoms with van der Waals surface area (Å²) in [6, 6.07) is 14.1. The molecule has 0 saturated carbocycles. The summed E-state index contributed by atoms with van der Waals surface area (Å²) in [5, 5.41) is 3.00. The van der Waals surface area contributed by atoms with Gasteiger partial charge < -0.3 is 24.6 Å². The predicted octanol–water partition coefficient (Wildman–Crippen LogP) is -0.354. The molecular formula is C21H27N3O3+2. The third kappa shape index (κ3) is 4.59. The summed E-state index contributed by atoms with van der Waals surface area (Å²) in [5.74, 6) is 1.78. The van der Waals surface area contributed by atoms with Crippen LogP contribution >= 0.6 is 0 Å². The summed E-state index contributed by atoms with van der Waals surface area (Å²) < 4.78 is 10.8. The first-order valence-electron chi connectivity index (χ1n) is 9.58. The molecule has 3 N–H and O–H groups in total. The minimum absolute atomic E-state index is 0.0908. The summed E-state index contributed by atoms with van der Waals surface area (Å²) in [6.45, 7) is 8.05. The van der Waals surface area contributed by atoms with Crippen LogP contribution in [0.3, 0.4) is 0 Å². The van der Waals surface area contributed by atoms with Gasteiger partial charge in [0, 0.05) is 11.3 Å². The second-order valence-corrected chi connectivity index (χ2v) is 7.46. The van der Waals surface area contributed by atoms with Gasteiger partial charge in [0.15, 0.2) is 18.0 Å². The Morgan fingerprint density at radius 1 is 0.963 bits per heavy atom. The van der Waals surface area contributed by atoms with Crippen molar-refractivity contribution in [1.82, 2.24) is 0 Å². The van der Waals surface area contributed by atoms with Crippen LogP contribution in [0.5, 0.6) is 11.5 Å². The van der Waals surface area contributed by atoms with E-state index < -0.39 is 0 Å². The van der Waals surface area contributed by atoms with E-state index in [1.54, 1.807) is 4.90 Å². The molecule has 6 nitrogen and oxygen atoms in total. The summed E-state index contributed by atoms with van der Waals surface area (Å²) in [6.07, 6.45) is 0. The number of carbonyl (C=O) groups is 1. The van der Waals surface area contributed by atoms with Gasteiger partial charge in [0.05, 0.1) is 0 Å². The topological polar surface area (TPSA) is 56.4 Å². The molecule has 6 heteroatoms. The van der Waals surface area contributed by atoms with Gasteiger partial charge in [0.1, 0.15) is 32.7 Å². The second kappa shape index (κ2) is 7.98. The van der Waals surface area contributed by atoms with Crippen LogP contribution in [-0.2, 0) is 11.3 Å². The Balaban J connectivity index is 1.23. The van der Waals surface area contributed by atoms with Gasteiger partial charge in [-0.2, -0.15) is 0 Å². The van der Waals surface area contributed by atoms with Crippen molar-refractivity contribution in [3.63, 3.8) is 0 Å². The van der Waals surface area contributed by atoms with Gasteiger partial charge in [-0.05, 0) is 37.3 Å². The highest BCUT2D eigenvalue weighted by molar-refractivity contribution is 5.91. The van der Waals surface area contributed by atoms with Crippen LogP contribution < -0.4 is 24.6 Å². The number of hydrogen-bond donors (Lipinski definition) is 3. The maximum absolute atomic E-state index is 12.3. The summed E-state index contributed by atoms with van der Waals surface area (Å²) in [7, 11) is 0.